The molecule has 0 aliphatic rings. The van der Waals surface area contributed by atoms with Gasteiger partial charge in [-0.05, 0) is 42.5 Å². The van der Waals surface area contributed by atoms with Crippen molar-refractivity contribution in [3.05, 3.63) is 96.4 Å². The molecular formula is C23H20N4O2. The van der Waals surface area contributed by atoms with E-state index in [-0.39, 0.29) is 5.91 Å². The van der Waals surface area contributed by atoms with Crippen molar-refractivity contribution in [3.8, 4) is 22.7 Å². The van der Waals surface area contributed by atoms with E-state index >= 15 is 0 Å². The van der Waals surface area contributed by atoms with Gasteiger partial charge in [-0.3, -0.25) is 9.78 Å². The van der Waals surface area contributed by atoms with Gasteiger partial charge in [-0.15, -0.1) is 0 Å². The third-order valence-electron chi connectivity index (χ3n) is 4.48. The molecule has 0 saturated carbocycles. The third kappa shape index (κ3) is 4.16. The monoisotopic (exact) mass is 384 g/mol. The number of carbonyl (C=O) groups is 1. The first kappa shape index (κ1) is 18.4. The number of nitrogens with one attached hydrogen (secondary N) is 1. The average molecular weight is 384 g/mol. The van der Waals surface area contributed by atoms with E-state index in [4.69, 9.17) is 4.74 Å². The highest BCUT2D eigenvalue weighted by atomic mass is 16.5. The van der Waals surface area contributed by atoms with Gasteiger partial charge in [0.2, 0.25) is 0 Å². The van der Waals surface area contributed by atoms with Crippen LogP contribution in [-0.4, -0.2) is 27.8 Å². The van der Waals surface area contributed by atoms with Crippen LogP contribution in [0.1, 0.15) is 16.2 Å². The van der Waals surface area contributed by atoms with Gasteiger partial charge in [0, 0.05) is 11.8 Å². The van der Waals surface area contributed by atoms with E-state index in [0.29, 0.717) is 12.2 Å². The van der Waals surface area contributed by atoms with Crippen LogP contribution in [0, 0.1) is 0 Å². The maximum absolute atomic E-state index is 13.0. The van der Waals surface area contributed by atoms with E-state index in [2.05, 4.69) is 15.4 Å². The number of pyridine rings is 1. The molecule has 0 aliphatic carbocycles. The Labute approximate surface area is 168 Å². The van der Waals surface area contributed by atoms with Crippen LogP contribution < -0.4 is 10.1 Å². The molecule has 6 heteroatoms. The summed E-state index contributed by atoms with van der Waals surface area (Å²) >= 11 is 0. The van der Waals surface area contributed by atoms with Gasteiger partial charge in [0.05, 0.1) is 30.7 Å². The van der Waals surface area contributed by atoms with E-state index < -0.39 is 0 Å². The number of amides is 1. The molecule has 1 amide bonds. The highest BCUT2D eigenvalue weighted by Crippen LogP contribution is 2.23. The molecule has 4 rings (SSSR count). The van der Waals surface area contributed by atoms with Crippen LogP contribution in [0.5, 0.6) is 5.75 Å². The molecule has 2 heterocycles. The molecule has 0 saturated heterocycles. The molecule has 29 heavy (non-hydrogen) atoms. The summed E-state index contributed by atoms with van der Waals surface area (Å²) in [7, 11) is 1.62. The van der Waals surface area contributed by atoms with Gasteiger partial charge in [-0.25, -0.2) is 4.68 Å². The van der Waals surface area contributed by atoms with Crippen molar-refractivity contribution >= 4 is 5.91 Å². The number of rotatable bonds is 6. The first-order chi connectivity index (χ1) is 14.2. The minimum absolute atomic E-state index is 0.221. The molecule has 0 fully saturated rings. The summed E-state index contributed by atoms with van der Waals surface area (Å²) in [5.41, 5.74) is 3.68. The summed E-state index contributed by atoms with van der Waals surface area (Å²) in [5, 5.41) is 7.61. The van der Waals surface area contributed by atoms with Gasteiger partial charge in [-0.2, -0.15) is 5.10 Å². The summed E-state index contributed by atoms with van der Waals surface area (Å²) in [4.78, 5) is 17.2. The van der Waals surface area contributed by atoms with Gasteiger partial charge >= 0.3 is 0 Å². The van der Waals surface area contributed by atoms with Crippen molar-refractivity contribution in [3.63, 3.8) is 0 Å². The second-order valence-corrected chi connectivity index (χ2v) is 6.39. The first-order valence-electron chi connectivity index (χ1n) is 9.22. The van der Waals surface area contributed by atoms with Crippen molar-refractivity contribution in [2.24, 2.45) is 0 Å². The zero-order chi connectivity index (χ0) is 20.1. The van der Waals surface area contributed by atoms with Crippen molar-refractivity contribution in [1.82, 2.24) is 20.1 Å². The second kappa shape index (κ2) is 8.39. The number of benzene rings is 2. The van der Waals surface area contributed by atoms with Crippen LogP contribution in [0.2, 0.25) is 0 Å². The van der Waals surface area contributed by atoms with Crippen LogP contribution in [0.4, 0.5) is 0 Å². The van der Waals surface area contributed by atoms with Gasteiger partial charge in [0.1, 0.15) is 11.4 Å². The molecule has 6 nitrogen and oxygen atoms in total. The fourth-order valence-corrected chi connectivity index (χ4v) is 2.98. The zero-order valence-corrected chi connectivity index (χ0v) is 15.9. The van der Waals surface area contributed by atoms with E-state index in [1.165, 1.54) is 0 Å². The van der Waals surface area contributed by atoms with Crippen molar-refractivity contribution in [1.29, 1.82) is 0 Å². The predicted molar refractivity (Wildman–Crippen MR) is 111 cm³/mol. The molecule has 144 valence electrons. The maximum Gasteiger partial charge on any atom is 0.270 e. The quantitative estimate of drug-likeness (QED) is 0.548. The fourth-order valence-electron chi connectivity index (χ4n) is 2.98. The minimum Gasteiger partial charge on any atom is -0.497 e. The number of carbonyl (C=O) groups excluding carboxylic acids is 1. The summed E-state index contributed by atoms with van der Waals surface area (Å²) in [6.07, 6.45) is 1.70. The number of hydrogen-bond donors (Lipinski definition) is 1. The highest BCUT2D eigenvalue weighted by Gasteiger charge is 2.17. The smallest absolute Gasteiger partial charge is 0.270 e. The summed E-state index contributed by atoms with van der Waals surface area (Å²) < 4.78 is 6.88. The zero-order valence-electron chi connectivity index (χ0n) is 15.9. The molecule has 0 aliphatic heterocycles. The molecule has 1 N–H and O–H groups in total. The van der Waals surface area contributed by atoms with E-state index in [1.54, 1.807) is 24.1 Å². The van der Waals surface area contributed by atoms with Crippen molar-refractivity contribution in [2.75, 3.05) is 7.11 Å². The number of ether oxygens (including phenoxy) is 1. The first-order valence-corrected chi connectivity index (χ1v) is 9.22. The third-order valence-corrected chi connectivity index (χ3v) is 4.48. The lowest BCUT2D eigenvalue weighted by molar-refractivity contribution is 0.0942. The number of methoxy groups -OCH3 is 1. The topological polar surface area (TPSA) is 69.0 Å². The Balaban J connectivity index is 1.68. The lowest BCUT2D eigenvalue weighted by Crippen LogP contribution is -2.25. The molecule has 0 radical (unpaired) electrons. The second-order valence-electron chi connectivity index (χ2n) is 6.39. The summed E-state index contributed by atoms with van der Waals surface area (Å²) in [6.45, 7) is 0.341. The molecule has 0 atom stereocenters. The Morgan fingerprint density at radius 2 is 1.76 bits per heavy atom. The van der Waals surface area contributed by atoms with Gasteiger partial charge in [0.15, 0.2) is 0 Å². The van der Waals surface area contributed by atoms with Crippen LogP contribution in [-0.2, 0) is 6.54 Å². The lowest BCUT2D eigenvalue weighted by atomic mass is 10.1. The minimum atomic E-state index is -0.221. The number of nitrogens with zero attached hydrogens (tertiary/aromatic N) is 3. The molecule has 0 bridgehead atoms. The largest absolute Gasteiger partial charge is 0.497 e. The summed E-state index contributed by atoms with van der Waals surface area (Å²) in [6, 6.07) is 24.6. The van der Waals surface area contributed by atoms with E-state index in [0.717, 1.165) is 28.4 Å². The molecule has 0 unspecified atom stereocenters. The molecule has 4 aromatic rings. The highest BCUT2D eigenvalue weighted by molar-refractivity contribution is 5.94. The number of aromatic nitrogens is 3. The van der Waals surface area contributed by atoms with Crippen LogP contribution in [0.3, 0.4) is 0 Å². The van der Waals surface area contributed by atoms with Gasteiger partial charge in [0.25, 0.3) is 5.91 Å². The standard InChI is InChI=1S/C23H20N4O2/c1-29-20-12-10-19(11-13-20)27-22(15-21(26-27)17-7-3-2-4-8-17)23(28)25-16-18-9-5-6-14-24-18/h2-15H,16H2,1H3,(H,25,28). The molecule has 2 aromatic carbocycles. The SMILES string of the molecule is COc1ccc(-n2nc(-c3ccccc3)cc2C(=O)NCc2ccccn2)cc1. The average Bonchev–Trinajstić information content (AvgIpc) is 3.24. The lowest BCUT2D eigenvalue weighted by Gasteiger charge is -2.09. The predicted octanol–water partition coefficient (Wildman–Crippen LogP) is 3.87. The van der Waals surface area contributed by atoms with Crippen LogP contribution in [0.15, 0.2) is 85.1 Å². The molecule has 2 aromatic heterocycles. The Bertz CT molecular complexity index is 1090. The Morgan fingerprint density at radius 1 is 1.00 bits per heavy atom. The maximum atomic E-state index is 13.0. The summed E-state index contributed by atoms with van der Waals surface area (Å²) in [5.74, 6) is 0.520. The van der Waals surface area contributed by atoms with Gasteiger partial charge in [-0.1, -0.05) is 36.4 Å². The number of hydrogen-bond acceptors (Lipinski definition) is 4. The Kier molecular flexibility index (Phi) is 5.33. The Morgan fingerprint density at radius 3 is 2.45 bits per heavy atom. The molecule has 0 spiro atoms. The van der Waals surface area contributed by atoms with E-state index in [1.807, 2.05) is 72.8 Å². The van der Waals surface area contributed by atoms with Crippen molar-refractivity contribution in [2.45, 2.75) is 6.54 Å². The van der Waals surface area contributed by atoms with Crippen molar-refractivity contribution < 1.29 is 9.53 Å². The fraction of sp³-hybridized carbons (Fsp3) is 0.0870. The molecular weight excluding hydrogens is 364 g/mol. The van der Waals surface area contributed by atoms with Gasteiger partial charge < -0.3 is 10.1 Å². The normalized spacial score (nSPS) is 10.5. The van der Waals surface area contributed by atoms with E-state index in [9.17, 15) is 4.79 Å². The van der Waals surface area contributed by atoms with Crippen LogP contribution in [0.25, 0.3) is 16.9 Å². The van der Waals surface area contributed by atoms with Crippen LogP contribution >= 0.6 is 0 Å². The Hall–Kier alpha value is -3.93.